The Labute approximate surface area is 187 Å². The van der Waals surface area contributed by atoms with E-state index in [-0.39, 0.29) is 21.9 Å². The van der Waals surface area contributed by atoms with Gasteiger partial charge in [-0.15, -0.1) is 11.8 Å². The molecule has 0 radical (unpaired) electrons. The van der Waals surface area contributed by atoms with Crippen LogP contribution in [0.5, 0.6) is 0 Å². The van der Waals surface area contributed by atoms with Crippen molar-refractivity contribution in [3.8, 4) is 0 Å². The Morgan fingerprint density at radius 1 is 1.19 bits per heavy atom. The fourth-order valence-corrected chi connectivity index (χ4v) is 5.62. The summed E-state index contributed by atoms with van der Waals surface area (Å²) in [7, 11) is -3.88. The number of hydrogen-bond donors (Lipinski definition) is 1. The quantitative estimate of drug-likeness (QED) is 0.418. The van der Waals surface area contributed by atoms with Crippen molar-refractivity contribution in [2.45, 2.75) is 29.4 Å². The molecule has 8 nitrogen and oxygen atoms in total. The zero-order valence-electron chi connectivity index (χ0n) is 16.5. The SMILES string of the molecule is Cc1noc(C)c1S(=O)(=O)Nc1ccccc1SCc1cc(=O)n2cc(Cl)ccc2n1. The number of halogens is 1. The molecule has 0 aliphatic carbocycles. The summed E-state index contributed by atoms with van der Waals surface area (Å²) < 4.78 is 34.7. The molecule has 0 unspecified atom stereocenters. The third-order valence-electron chi connectivity index (χ3n) is 4.42. The van der Waals surface area contributed by atoms with Crippen molar-refractivity contribution in [1.29, 1.82) is 0 Å². The second-order valence-electron chi connectivity index (χ2n) is 6.70. The Kier molecular flexibility index (Phi) is 5.78. The molecule has 0 saturated carbocycles. The molecule has 11 heteroatoms. The van der Waals surface area contributed by atoms with E-state index in [0.29, 0.717) is 32.7 Å². The van der Waals surface area contributed by atoms with Crippen LogP contribution in [0.2, 0.25) is 5.02 Å². The topological polar surface area (TPSA) is 107 Å². The predicted octanol–water partition coefficient (Wildman–Crippen LogP) is 4.05. The molecule has 0 spiro atoms. The third-order valence-corrected chi connectivity index (χ3v) is 7.36. The monoisotopic (exact) mass is 476 g/mol. The van der Waals surface area contributed by atoms with Crippen molar-refractivity contribution in [1.82, 2.24) is 14.5 Å². The Morgan fingerprint density at radius 2 is 1.97 bits per heavy atom. The first-order valence-electron chi connectivity index (χ1n) is 9.10. The number of aryl methyl sites for hydroxylation is 2. The maximum absolute atomic E-state index is 12.9. The molecule has 1 aromatic carbocycles. The maximum Gasteiger partial charge on any atom is 0.267 e. The second kappa shape index (κ2) is 8.37. The van der Waals surface area contributed by atoms with Gasteiger partial charge in [0, 0.05) is 22.9 Å². The average molecular weight is 477 g/mol. The summed E-state index contributed by atoms with van der Waals surface area (Å²) >= 11 is 7.30. The lowest BCUT2D eigenvalue weighted by molar-refractivity contribution is 0.390. The highest BCUT2D eigenvalue weighted by Gasteiger charge is 2.25. The number of anilines is 1. The van der Waals surface area contributed by atoms with Gasteiger partial charge in [0.2, 0.25) is 0 Å². The highest BCUT2D eigenvalue weighted by Crippen LogP contribution is 2.32. The minimum atomic E-state index is -3.88. The van der Waals surface area contributed by atoms with Crippen molar-refractivity contribution in [2.24, 2.45) is 0 Å². The van der Waals surface area contributed by atoms with Crippen LogP contribution in [0.4, 0.5) is 5.69 Å². The molecule has 0 aliphatic rings. The minimum absolute atomic E-state index is 0.0233. The number of thioether (sulfide) groups is 1. The van der Waals surface area contributed by atoms with Crippen LogP contribution in [0, 0.1) is 13.8 Å². The van der Waals surface area contributed by atoms with Gasteiger partial charge >= 0.3 is 0 Å². The van der Waals surface area contributed by atoms with Crippen LogP contribution < -0.4 is 10.3 Å². The number of fused-ring (bicyclic) bond motifs is 1. The number of rotatable bonds is 6. The third kappa shape index (κ3) is 4.46. The smallest absolute Gasteiger partial charge is 0.267 e. The summed E-state index contributed by atoms with van der Waals surface area (Å²) in [6.07, 6.45) is 1.52. The molecular formula is C20H17ClN4O4S2. The van der Waals surface area contributed by atoms with Crippen LogP contribution in [0.1, 0.15) is 17.1 Å². The molecule has 4 aromatic rings. The van der Waals surface area contributed by atoms with Crippen molar-refractivity contribution >= 4 is 44.7 Å². The first-order chi connectivity index (χ1) is 14.7. The molecule has 31 heavy (non-hydrogen) atoms. The summed E-state index contributed by atoms with van der Waals surface area (Å²) in [6.45, 7) is 3.12. The van der Waals surface area contributed by atoms with Crippen molar-refractivity contribution in [2.75, 3.05) is 4.72 Å². The summed E-state index contributed by atoms with van der Waals surface area (Å²) in [5, 5.41) is 4.16. The Hall–Kier alpha value is -2.82. The van der Waals surface area contributed by atoms with Crippen LogP contribution in [0.3, 0.4) is 0 Å². The minimum Gasteiger partial charge on any atom is -0.360 e. The van der Waals surface area contributed by atoms with Gasteiger partial charge in [-0.3, -0.25) is 13.9 Å². The highest BCUT2D eigenvalue weighted by atomic mass is 35.5. The van der Waals surface area contributed by atoms with Gasteiger partial charge in [-0.05, 0) is 38.1 Å². The first-order valence-corrected chi connectivity index (χ1v) is 11.9. The van der Waals surface area contributed by atoms with Crippen LogP contribution in [0.15, 0.2) is 67.8 Å². The largest absolute Gasteiger partial charge is 0.360 e. The average Bonchev–Trinajstić information content (AvgIpc) is 3.06. The van der Waals surface area contributed by atoms with Gasteiger partial charge in [-0.1, -0.05) is 28.9 Å². The summed E-state index contributed by atoms with van der Waals surface area (Å²) in [5.41, 5.74) is 1.52. The van der Waals surface area contributed by atoms with E-state index in [9.17, 15) is 13.2 Å². The van der Waals surface area contributed by atoms with E-state index >= 15 is 0 Å². The number of hydrogen-bond acceptors (Lipinski definition) is 7. The number of pyridine rings is 1. The second-order valence-corrected chi connectivity index (χ2v) is 9.78. The molecule has 0 amide bonds. The molecule has 160 valence electrons. The van der Waals surface area contributed by atoms with Gasteiger partial charge in [0.05, 0.1) is 16.4 Å². The lowest BCUT2D eigenvalue weighted by Gasteiger charge is -2.12. The standard InChI is InChI=1S/C20H17ClN4O4S2/c1-12-20(13(2)29-23-12)31(27,28)24-16-5-3-4-6-17(16)30-11-15-9-19(26)25-10-14(21)7-8-18(25)22-15/h3-10,24H,11H2,1-2H3. The lowest BCUT2D eigenvalue weighted by Crippen LogP contribution is -2.15. The van der Waals surface area contributed by atoms with Gasteiger partial charge in [-0.2, -0.15) is 0 Å². The molecular weight excluding hydrogens is 460 g/mol. The fourth-order valence-electron chi connectivity index (χ4n) is 3.08. The van der Waals surface area contributed by atoms with E-state index in [1.54, 1.807) is 50.2 Å². The van der Waals surface area contributed by atoms with Crippen LogP contribution in [-0.2, 0) is 15.8 Å². The lowest BCUT2D eigenvalue weighted by atomic mass is 10.3. The summed E-state index contributed by atoms with van der Waals surface area (Å²) in [5.74, 6) is 0.592. The van der Waals surface area contributed by atoms with Crippen molar-refractivity contribution in [3.05, 3.63) is 81.2 Å². The fraction of sp³-hybridized carbons (Fsp3) is 0.150. The molecule has 1 N–H and O–H groups in total. The van der Waals surface area contributed by atoms with Crippen LogP contribution in [0.25, 0.3) is 5.65 Å². The van der Waals surface area contributed by atoms with E-state index in [1.807, 2.05) is 0 Å². The molecule has 0 fully saturated rings. The van der Waals surface area contributed by atoms with E-state index in [1.165, 1.54) is 28.4 Å². The molecule has 0 atom stereocenters. The van der Waals surface area contributed by atoms with E-state index in [0.717, 1.165) is 0 Å². The maximum atomic E-state index is 12.9. The van der Waals surface area contributed by atoms with Crippen LogP contribution in [-0.4, -0.2) is 23.0 Å². The number of aromatic nitrogens is 3. The zero-order chi connectivity index (χ0) is 22.2. The Balaban J connectivity index is 1.59. The summed E-state index contributed by atoms with van der Waals surface area (Å²) in [6, 6.07) is 11.8. The Bertz CT molecular complexity index is 1430. The molecule has 0 saturated heterocycles. The van der Waals surface area contributed by atoms with Gasteiger partial charge in [0.1, 0.15) is 11.3 Å². The first kappa shape index (κ1) is 21.4. The van der Waals surface area contributed by atoms with Gasteiger partial charge in [0.25, 0.3) is 15.6 Å². The van der Waals surface area contributed by atoms with Crippen molar-refractivity contribution < 1.29 is 12.9 Å². The summed E-state index contributed by atoms with van der Waals surface area (Å²) in [4.78, 5) is 17.6. The number of nitrogens with zero attached hydrogens (tertiary/aromatic N) is 3. The number of sulfonamides is 1. The van der Waals surface area contributed by atoms with Gasteiger partial charge in [0.15, 0.2) is 10.7 Å². The molecule has 3 heterocycles. The number of para-hydroxylation sites is 1. The molecule has 3 aromatic heterocycles. The highest BCUT2D eigenvalue weighted by molar-refractivity contribution is 7.98. The van der Waals surface area contributed by atoms with Crippen molar-refractivity contribution in [3.63, 3.8) is 0 Å². The molecule has 4 rings (SSSR count). The number of nitrogens with one attached hydrogen (secondary N) is 1. The van der Waals surface area contributed by atoms with Gasteiger partial charge in [-0.25, -0.2) is 13.4 Å². The molecule has 0 aliphatic heterocycles. The predicted molar refractivity (Wildman–Crippen MR) is 119 cm³/mol. The zero-order valence-corrected chi connectivity index (χ0v) is 18.9. The van der Waals surface area contributed by atoms with E-state index < -0.39 is 10.0 Å². The Morgan fingerprint density at radius 3 is 2.71 bits per heavy atom. The van der Waals surface area contributed by atoms with Gasteiger partial charge < -0.3 is 4.52 Å². The van der Waals surface area contributed by atoms with E-state index in [4.69, 9.17) is 16.1 Å². The number of benzene rings is 1. The van der Waals surface area contributed by atoms with E-state index in [2.05, 4.69) is 14.9 Å². The molecule has 0 bridgehead atoms. The van der Waals surface area contributed by atoms with Crippen LogP contribution >= 0.6 is 23.4 Å². The normalized spacial score (nSPS) is 11.7.